The predicted octanol–water partition coefficient (Wildman–Crippen LogP) is 0.719. The fourth-order valence-corrected chi connectivity index (χ4v) is 3.92. The largest absolute Gasteiger partial charge is 0.472 e. The third kappa shape index (κ3) is 2.34. The molecule has 4 rings (SSSR count). The second-order valence-corrected chi connectivity index (χ2v) is 6.85. The van der Waals surface area contributed by atoms with E-state index < -0.39 is 37.3 Å². The van der Waals surface area contributed by atoms with E-state index in [1.165, 1.54) is 23.0 Å². The average Bonchev–Trinajstić information content (AvgIpc) is 3.08. The third-order valence-corrected chi connectivity index (χ3v) is 5.01. The number of aliphatic hydroxyl groups excluding tert-OH is 1. The van der Waals surface area contributed by atoms with Crippen LogP contribution in [0.2, 0.25) is 0 Å². The first-order valence-electron chi connectivity index (χ1n) is 6.96. The number of hydrogen-bond donors (Lipinski definition) is 2. The molecule has 2 aromatic rings. The summed E-state index contributed by atoms with van der Waals surface area (Å²) in [6.45, 7) is -0.210. The van der Waals surface area contributed by atoms with E-state index in [0.717, 1.165) is 0 Å². The summed E-state index contributed by atoms with van der Waals surface area (Å²) in [6.07, 6.45) is -2.72. The Kier molecular flexibility index (Phi) is 3.46. The van der Waals surface area contributed by atoms with Gasteiger partial charge in [-0.2, -0.15) is 0 Å². The van der Waals surface area contributed by atoms with Gasteiger partial charge < -0.3 is 19.3 Å². The minimum atomic E-state index is -4.22. The second kappa shape index (κ2) is 5.31. The summed E-state index contributed by atoms with van der Waals surface area (Å²) < 4.78 is 28.1. The van der Waals surface area contributed by atoms with Crippen LogP contribution in [0.1, 0.15) is 6.23 Å². The van der Waals surface area contributed by atoms with Crippen molar-refractivity contribution < 1.29 is 33.3 Å². The van der Waals surface area contributed by atoms with Gasteiger partial charge in [-0.15, -0.1) is 0 Å². The van der Waals surface area contributed by atoms with Crippen molar-refractivity contribution >= 4 is 24.5 Å². The average molecular weight is 357 g/mol. The van der Waals surface area contributed by atoms with E-state index in [4.69, 9.17) is 9.26 Å². The number of nitro groups is 1. The van der Waals surface area contributed by atoms with Crippen LogP contribution in [0.5, 0.6) is 0 Å². The molecule has 2 aliphatic heterocycles. The van der Waals surface area contributed by atoms with Gasteiger partial charge in [-0.3, -0.25) is 19.2 Å². The number of nitro benzene ring substituents is 1. The number of ether oxygens (including phenoxy) is 1. The van der Waals surface area contributed by atoms with Crippen LogP contribution in [-0.4, -0.2) is 49.4 Å². The molecular formula is C12H12N3O8P. The van der Waals surface area contributed by atoms with E-state index in [9.17, 15) is 24.7 Å². The summed E-state index contributed by atoms with van der Waals surface area (Å²) in [5.41, 5.74) is 0.369. The number of benzene rings is 1. The van der Waals surface area contributed by atoms with E-state index in [2.05, 4.69) is 9.51 Å². The van der Waals surface area contributed by atoms with Crippen LogP contribution in [0.15, 0.2) is 24.5 Å². The molecule has 0 spiro atoms. The molecule has 2 aliphatic rings. The molecule has 12 heteroatoms. The highest BCUT2D eigenvalue weighted by Gasteiger charge is 2.52. The summed E-state index contributed by atoms with van der Waals surface area (Å²) in [7, 11) is -4.22. The standard InChI is InChI=1S/C12H12N3O8P/c16-10-11-8(4-21-24(19,20)23-11)22-12(10)14-5-13-9-6(14)2-1-3-7(9)15(17)18/h1-3,5,8,10-12,16H,4H2,(H,19,20)/t8-,10-,11-,12-/m1/s1. The molecule has 0 amide bonds. The lowest BCUT2D eigenvalue weighted by Crippen LogP contribution is -2.39. The van der Waals surface area contributed by atoms with Crippen molar-refractivity contribution in [1.82, 2.24) is 9.55 Å². The lowest BCUT2D eigenvalue weighted by molar-refractivity contribution is -0.383. The Labute approximate surface area is 134 Å². The molecule has 3 heterocycles. The van der Waals surface area contributed by atoms with Gasteiger partial charge in [0, 0.05) is 6.07 Å². The number of non-ortho nitro benzene ring substituents is 1. The molecule has 0 bridgehead atoms. The number of phosphoric ester groups is 1. The minimum absolute atomic E-state index is 0.151. The van der Waals surface area contributed by atoms with Crippen molar-refractivity contribution in [3.8, 4) is 0 Å². The number of aromatic nitrogens is 2. The van der Waals surface area contributed by atoms with Gasteiger partial charge in [0.05, 0.1) is 23.4 Å². The Hall–Kier alpha value is -1.88. The van der Waals surface area contributed by atoms with Gasteiger partial charge in [-0.05, 0) is 6.07 Å². The van der Waals surface area contributed by atoms with Crippen molar-refractivity contribution in [1.29, 1.82) is 0 Å². The fourth-order valence-electron chi connectivity index (χ4n) is 2.96. The molecule has 2 saturated heterocycles. The Morgan fingerprint density at radius 2 is 2.25 bits per heavy atom. The molecule has 1 aromatic carbocycles. The minimum Gasteiger partial charge on any atom is -0.386 e. The maximum absolute atomic E-state index is 11.5. The van der Waals surface area contributed by atoms with Gasteiger partial charge in [0.2, 0.25) is 0 Å². The maximum atomic E-state index is 11.5. The number of nitrogens with zero attached hydrogens (tertiary/aromatic N) is 3. The highest BCUT2D eigenvalue weighted by molar-refractivity contribution is 7.47. The Balaban J connectivity index is 1.73. The summed E-state index contributed by atoms with van der Waals surface area (Å²) >= 11 is 0. The lowest BCUT2D eigenvalue weighted by atomic mass is 10.1. The smallest absolute Gasteiger partial charge is 0.386 e. The number of phosphoric acid groups is 1. The van der Waals surface area contributed by atoms with Crippen LogP contribution in [-0.2, 0) is 18.3 Å². The van der Waals surface area contributed by atoms with Crippen LogP contribution >= 0.6 is 7.82 Å². The van der Waals surface area contributed by atoms with Crippen LogP contribution in [0.3, 0.4) is 0 Å². The van der Waals surface area contributed by atoms with Gasteiger partial charge in [-0.1, -0.05) is 6.07 Å². The van der Waals surface area contributed by atoms with Crippen molar-refractivity contribution in [2.75, 3.05) is 6.61 Å². The number of para-hydroxylation sites is 1. The van der Waals surface area contributed by atoms with E-state index in [1.807, 2.05) is 0 Å². The van der Waals surface area contributed by atoms with E-state index in [-0.39, 0.29) is 17.8 Å². The number of imidazole rings is 1. The van der Waals surface area contributed by atoms with Gasteiger partial charge >= 0.3 is 7.82 Å². The van der Waals surface area contributed by atoms with E-state index in [0.29, 0.717) is 5.52 Å². The summed E-state index contributed by atoms with van der Waals surface area (Å²) in [6, 6.07) is 4.42. The second-order valence-electron chi connectivity index (χ2n) is 5.44. The van der Waals surface area contributed by atoms with Gasteiger partial charge in [0.25, 0.3) is 5.69 Å². The zero-order valence-corrected chi connectivity index (χ0v) is 12.9. The first-order valence-corrected chi connectivity index (χ1v) is 8.46. The Morgan fingerprint density at radius 3 is 3.00 bits per heavy atom. The topological polar surface area (TPSA) is 146 Å². The first kappa shape index (κ1) is 15.6. The lowest BCUT2D eigenvalue weighted by Gasteiger charge is -2.27. The zero-order valence-electron chi connectivity index (χ0n) is 12.0. The molecule has 1 aromatic heterocycles. The third-order valence-electron chi connectivity index (χ3n) is 4.02. The monoisotopic (exact) mass is 357 g/mol. The Bertz CT molecular complexity index is 869. The summed E-state index contributed by atoms with van der Waals surface area (Å²) in [5, 5.41) is 21.5. The van der Waals surface area contributed by atoms with Crippen molar-refractivity contribution in [2.24, 2.45) is 0 Å². The molecule has 11 nitrogen and oxygen atoms in total. The quantitative estimate of drug-likeness (QED) is 0.451. The molecule has 5 atom stereocenters. The molecule has 128 valence electrons. The number of fused-ring (bicyclic) bond motifs is 2. The maximum Gasteiger partial charge on any atom is 0.472 e. The summed E-state index contributed by atoms with van der Waals surface area (Å²) in [4.78, 5) is 23.9. The Morgan fingerprint density at radius 1 is 1.46 bits per heavy atom. The molecule has 0 radical (unpaired) electrons. The van der Waals surface area contributed by atoms with Gasteiger partial charge in [0.15, 0.2) is 11.7 Å². The number of rotatable bonds is 2. The molecule has 2 fully saturated rings. The van der Waals surface area contributed by atoms with Crippen molar-refractivity contribution in [3.05, 3.63) is 34.6 Å². The van der Waals surface area contributed by atoms with Crippen LogP contribution < -0.4 is 0 Å². The SMILES string of the molecule is O=[N+]([O-])c1cccc2c1ncn2[C@@H]1O[C@@H]2COP(=O)(O)O[C@H]2[C@H]1O. The summed E-state index contributed by atoms with van der Waals surface area (Å²) in [5.74, 6) is 0. The van der Waals surface area contributed by atoms with Gasteiger partial charge in [-0.25, -0.2) is 9.55 Å². The number of aliphatic hydroxyl groups is 1. The van der Waals surface area contributed by atoms with Crippen molar-refractivity contribution in [2.45, 2.75) is 24.5 Å². The highest BCUT2D eigenvalue weighted by Crippen LogP contribution is 2.52. The molecule has 2 N–H and O–H groups in total. The molecule has 0 aliphatic carbocycles. The highest BCUT2D eigenvalue weighted by atomic mass is 31.2. The van der Waals surface area contributed by atoms with E-state index in [1.54, 1.807) is 6.07 Å². The first-order chi connectivity index (χ1) is 11.4. The van der Waals surface area contributed by atoms with E-state index >= 15 is 0 Å². The fraction of sp³-hybridized carbons (Fsp3) is 0.417. The van der Waals surface area contributed by atoms with Crippen LogP contribution in [0.25, 0.3) is 11.0 Å². The number of hydrogen-bond acceptors (Lipinski definition) is 8. The predicted molar refractivity (Wildman–Crippen MR) is 77.0 cm³/mol. The molecular weight excluding hydrogens is 345 g/mol. The van der Waals surface area contributed by atoms with Crippen molar-refractivity contribution in [3.63, 3.8) is 0 Å². The van der Waals surface area contributed by atoms with Gasteiger partial charge in [0.1, 0.15) is 18.3 Å². The zero-order chi connectivity index (χ0) is 17.1. The molecule has 1 unspecified atom stereocenters. The van der Waals surface area contributed by atoms with Crippen LogP contribution in [0.4, 0.5) is 5.69 Å². The normalized spacial score (nSPS) is 35.9. The molecule has 0 saturated carbocycles. The van der Waals surface area contributed by atoms with Crippen LogP contribution in [0, 0.1) is 10.1 Å². The molecule has 24 heavy (non-hydrogen) atoms.